The van der Waals surface area contributed by atoms with Crippen molar-refractivity contribution in [2.24, 2.45) is 0 Å². The van der Waals surface area contributed by atoms with Crippen LogP contribution in [-0.2, 0) is 16.0 Å². The molecule has 0 radical (unpaired) electrons. The molecular weight excluding hydrogens is 200 g/mol. The van der Waals surface area contributed by atoms with E-state index < -0.39 is 0 Å². The zero-order valence-corrected chi connectivity index (χ0v) is 9.90. The molecule has 1 aromatic rings. The van der Waals surface area contributed by atoms with Crippen LogP contribution in [0.3, 0.4) is 0 Å². The zero-order valence-electron chi connectivity index (χ0n) is 9.90. The fourth-order valence-electron chi connectivity index (χ4n) is 1.44. The van der Waals surface area contributed by atoms with Gasteiger partial charge in [0.1, 0.15) is 0 Å². The molecular formula is C14H18O2. The van der Waals surface area contributed by atoms with Crippen molar-refractivity contribution < 1.29 is 9.53 Å². The van der Waals surface area contributed by atoms with E-state index in [0.29, 0.717) is 6.61 Å². The molecule has 0 heterocycles. The molecule has 0 aliphatic heterocycles. The third-order valence-electron chi connectivity index (χ3n) is 2.30. The average molecular weight is 218 g/mol. The molecule has 86 valence electrons. The summed E-state index contributed by atoms with van der Waals surface area (Å²) < 4.78 is 4.85. The number of ether oxygens (including phenoxy) is 1. The molecule has 0 N–H and O–H groups in total. The maximum absolute atomic E-state index is 11.2. The van der Waals surface area contributed by atoms with Gasteiger partial charge in [-0.2, -0.15) is 0 Å². The second-order valence-electron chi connectivity index (χ2n) is 3.73. The van der Waals surface area contributed by atoms with E-state index in [1.54, 1.807) is 6.08 Å². The monoisotopic (exact) mass is 218 g/mol. The lowest BCUT2D eigenvalue weighted by atomic mass is 10.1. The molecule has 1 rings (SSSR count). The molecule has 2 nitrogen and oxygen atoms in total. The van der Waals surface area contributed by atoms with E-state index in [-0.39, 0.29) is 5.97 Å². The zero-order chi connectivity index (χ0) is 11.8. The third kappa shape index (κ3) is 4.78. The molecule has 0 amide bonds. The maximum atomic E-state index is 11.2. The summed E-state index contributed by atoms with van der Waals surface area (Å²) in [6.07, 6.45) is 3.43. The Morgan fingerprint density at radius 1 is 1.31 bits per heavy atom. The first-order chi connectivity index (χ1) is 7.72. The van der Waals surface area contributed by atoms with Crippen molar-refractivity contribution in [1.82, 2.24) is 0 Å². The standard InChI is InChI=1S/C14H18O2/c1-3-16-14(15)11-12(2)9-10-13-7-5-4-6-8-13/h4-8,11H,3,9-10H2,1-2H3. The van der Waals surface area contributed by atoms with Crippen LogP contribution in [0.4, 0.5) is 0 Å². The molecule has 1 aromatic carbocycles. The molecule has 0 saturated heterocycles. The van der Waals surface area contributed by atoms with Crippen LogP contribution in [0, 0.1) is 0 Å². The van der Waals surface area contributed by atoms with Gasteiger partial charge in [-0.25, -0.2) is 4.79 Å². The van der Waals surface area contributed by atoms with Gasteiger partial charge in [-0.05, 0) is 32.3 Å². The highest BCUT2D eigenvalue weighted by Gasteiger charge is 1.98. The highest BCUT2D eigenvalue weighted by Crippen LogP contribution is 2.08. The van der Waals surface area contributed by atoms with Crippen LogP contribution in [-0.4, -0.2) is 12.6 Å². The van der Waals surface area contributed by atoms with Crippen molar-refractivity contribution in [2.75, 3.05) is 6.61 Å². The molecule has 0 unspecified atom stereocenters. The Bertz CT molecular complexity index is 352. The van der Waals surface area contributed by atoms with Crippen LogP contribution < -0.4 is 0 Å². The average Bonchev–Trinajstić information content (AvgIpc) is 2.28. The number of aryl methyl sites for hydroxylation is 1. The summed E-state index contributed by atoms with van der Waals surface area (Å²) in [5.41, 5.74) is 2.35. The van der Waals surface area contributed by atoms with Crippen molar-refractivity contribution in [2.45, 2.75) is 26.7 Å². The second kappa shape index (κ2) is 6.83. The fraction of sp³-hybridized carbons (Fsp3) is 0.357. The van der Waals surface area contributed by atoms with Crippen LogP contribution >= 0.6 is 0 Å². The Hall–Kier alpha value is -1.57. The van der Waals surface area contributed by atoms with Crippen LogP contribution in [0.15, 0.2) is 42.0 Å². The summed E-state index contributed by atoms with van der Waals surface area (Å²) >= 11 is 0. The lowest BCUT2D eigenvalue weighted by Gasteiger charge is -2.02. The third-order valence-corrected chi connectivity index (χ3v) is 2.30. The minimum absolute atomic E-state index is 0.243. The van der Waals surface area contributed by atoms with Crippen molar-refractivity contribution in [3.8, 4) is 0 Å². The lowest BCUT2D eigenvalue weighted by Crippen LogP contribution is -2.00. The number of hydrogen-bond donors (Lipinski definition) is 0. The predicted octanol–water partition coefficient (Wildman–Crippen LogP) is 3.13. The van der Waals surface area contributed by atoms with Gasteiger partial charge in [0, 0.05) is 6.08 Å². The van der Waals surface area contributed by atoms with Crippen molar-refractivity contribution in [3.63, 3.8) is 0 Å². The molecule has 0 fully saturated rings. The van der Waals surface area contributed by atoms with E-state index in [2.05, 4.69) is 12.1 Å². The number of allylic oxidation sites excluding steroid dienone is 1. The minimum Gasteiger partial charge on any atom is -0.463 e. The first-order valence-electron chi connectivity index (χ1n) is 5.60. The molecule has 0 spiro atoms. The van der Waals surface area contributed by atoms with Gasteiger partial charge in [-0.3, -0.25) is 0 Å². The molecule has 0 atom stereocenters. The van der Waals surface area contributed by atoms with E-state index in [1.165, 1.54) is 5.56 Å². The number of hydrogen-bond acceptors (Lipinski definition) is 2. The summed E-state index contributed by atoms with van der Waals surface area (Å²) in [4.78, 5) is 11.2. The van der Waals surface area contributed by atoms with Crippen molar-refractivity contribution in [1.29, 1.82) is 0 Å². The van der Waals surface area contributed by atoms with E-state index >= 15 is 0 Å². The number of carbonyl (C=O) groups excluding carboxylic acids is 1. The van der Waals surface area contributed by atoms with Gasteiger partial charge < -0.3 is 4.74 Å². The van der Waals surface area contributed by atoms with Gasteiger partial charge in [0.25, 0.3) is 0 Å². The largest absolute Gasteiger partial charge is 0.463 e. The smallest absolute Gasteiger partial charge is 0.330 e. The Morgan fingerprint density at radius 2 is 2.00 bits per heavy atom. The summed E-state index contributed by atoms with van der Waals surface area (Å²) in [5.74, 6) is -0.243. The summed E-state index contributed by atoms with van der Waals surface area (Å²) in [5, 5.41) is 0. The maximum Gasteiger partial charge on any atom is 0.330 e. The minimum atomic E-state index is -0.243. The van der Waals surface area contributed by atoms with E-state index in [4.69, 9.17) is 4.74 Å². The number of carbonyl (C=O) groups is 1. The second-order valence-corrected chi connectivity index (χ2v) is 3.73. The van der Waals surface area contributed by atoms with Gasteiger partial charge in [-0.1, -0.05) is 35.9 Å². The van der Waals surface area contributed by atoms with Crippen LogP contribution in [0.5, 0.6) is 0 Å². The van der Waals surface area contributed by atoms with Gasteiger partial charge in [0.2, 0.25) is 0 Å². The Balaban J connectivity index is 2.40. The van der Waals surface area contributed by atoms with E-state index in [1.807, 2.05) is 32.0 Å². The highest BCUT2D eigenvalue weighted by molar-refractivity contribution is 5.82. The quantitative estimate of drug-likeness (QED) is 0.560. The highest BCUT2D eigenvalue weighted by atomic mass is 16.5. The Kier molecular flexibility index (Phi) is 5.34. The predicted molar refractivity (Wildman–Crippen MR) is 65.2 cm³/mol. The molecule has 2 heteroatoms. The molecule has 16 heavy (non-hydrogen) atoms. The Morgan fingerprint density at radius 3 is 2.62 bits per heavy atom. The van der Waals surface area contributed by atoms with Gasteiger partial charge in [-0.15, -0.1) is 0 Å². The lowest BCUT2D eigenvalue weighted by molar-refractivity contribution is -0.137. The van der Waals surface area contributed by atoms with Crippen LogP contribution in [0.1, 0.15) is 25.8 Å². The molecule has 0 bridgehead atoms. The number of rotatable bonds is 5. The molecule has 0 aliphatic carbocycles. The molecule has 0 aromatic heterocycles. The van der Waals surface area contributed by atoms with Crippen molar-refractivity contribution in [3.05, 3.63) is 47.5 Å². The van der Waals surface area contributed by atoms with Crippen LogP contribution in [0.25, 0.3) is 0 Å². The SMILES string of the molecule is CCOC(=O)C=C(C)CCc1ccccc1. The first kappa shape index (κ1) is 12.5. The summed E-state index contributed by atoms with van der Waals surface area (Å²) in [6.45, 7) is 4.20. The van der Waals surface area contributed by atoms with Crippen molar-refractivity contribution >= 4 is 5.97 Å². The first-order valence-corrected chi connectivity index (χ1v) is 5.60. The van der Waals surface area contributed by atoms with Gasteiger partial charge in [0.15, 0.2) is 0 Å². The fourth-order valence-corrected chi connectivity index (χ4v) is 1.44. The van der Waals surface area contributed by atoms with E-state index in [0.717, 1.165) is 18.4 Å². The van der Waals surface area contributed by atoms with Crippen LogP contribution in [0.2, 0.25) is 0 Å². The normalized spacial score (nSPS) is 11.2. The number of benzene rings is 1. The van der Waals surface area contributed by atoms with Gasteiger partial charge >= 0.3 is 5.97 Å². The van der Waals surface area contributed by atoms with E-state index in [9.17, 15) is 4.79 Å². The summed E-state index contributed by atoms with van der Waals surface area (Å²) in [6, 6.07) is 10.2. The topological polar surface area (TPSA) is 26.3 Å². The summed E-state index contributed by atoms with van der Waals surface area (Å²) in [7, 11) is 0. The van der Waals surface area contributed by atoms with Gasteiger partial charge in [0.05, 0.1) is 6.61 Å². The Labute approximate surface area is 96.9 Å². The molecule has 0 aliphatic rings. The molecule has 0 saturated carbocycles. The number of esters is 1.